The minimum Gasteiger partial charge on any atom is -0.479 e. The second-order valence-corrected chi connectivity index (χ2v) is 4.68. The summed E-state index contributed by atoms with van der Waals surface area (Å²) in [5, 5.41) is 0. The second kappa shape index (κ2) is 3.70. The Hall–Kier alpha value is -1.71. The Morgan fingerprint density at radius 2 is 1.94 bits per heavy atom. The SMILES string of the molecule is COc1nc(C(C)(C)C)nc2cccnc12. The van der Waals surface area contributed by atoms with Gasteiger partial charge in [-0.15, -0.1) is 0 Å². The van der Waals surface area contributed by atoms with Crippen molar-refractivity contribution in [3.8, 4) is 5.88 Å². The van der Waals surface area contributed by atoms with Crippen LogP contribution in [0.4, 0.5) is 0 Å². The molecule has 0 atom stereocenters. The molecule has 0 spiro atoms. The molecule has 0 aliphatic carbocycles. The van der Waals surface area contributed by atoms with Gasteiger partial charge in [-0.3, -0.25) is 0 Å². The quantitative estimate of drug-likeness (QED) is 0.735. The van der Waals surface area contributed by atoms with Gasteiger partial charge in [0.15, 0.2) is 5.52 Å². The van der Waals surface area contributed by atoms with Crippen molar-refractivity contribution in [2.45, 2.75) is 26.2 Å². The van der Waals surface area contributed by atoms with Gasteiger partial charge in [0.1, 0.15) is 5.82 Å². The third-order valence-electron chi connectivity index (χ3n) is 2.29. The largest absolute Gasteiger partial charge is 0.479 e. The summed E-state index contributed by atoms with van der Waals surface area (Å²) in [4.78, 5) is 13.1. The van der Waals surface area contributed by atoms with Crippen molar-refractivity contribution < 1.29 is 4.74 Å². The van der Waals surface area contributed by atoms with Crippen LogP contribution in [0.1, 0.15) is 26.6 Å². The number of hydrogen-bond donors (Lipinski definition) is 0. The van der Waals surface area contributed by atoms with Crippen LogP contribution in [0.2, 0.25) is 0 Å². The van der Waals surface area contributed by atoms with Crippen LogP contribution in [-0.4, -0.2) is 22.1 Å². The zero-order chi connectivity index (χ0) is 11.8. The highest BCUT2D eigenvalue weighted by molar-refractivity contribution is 5.78. The first kappa shape index (κ1) is 10.8. The van der Waals surface area contributed by atoms with Gasteiger partial charge < -0.3 is 4.74 Å². The Labute approximate surface area is 94.7 Å². The minimum absolute atomic E-state index is 0.0999. The van der Waals surface area contributed by atoms with Crippen LogP contribution < -0.4 is 4.74 Å². The monoisotopic (exact) mass is 217 g/mol. The smallest absolute Gasteiger partial charge is 0.243 e. The predicted octanol–water partition coefficient (Wildman–Crippen LogP) is 2.33. The van der Waals surface area contributed by atoms with Gasteiger partial charge in [-0.1, -0.05) is 20.8 Å². The van der Waals surface area contributed by atoms with Crippen LogP contribution in [-0.2, 0) is 5.41 Å². The summed E-state index contributed by atoms with van der Waals surface area (Å²) in [6, 6.07) is 3.78. The normalized spacial score (nSPS) is 11.8. The van der Waals surface area contributed by atoms with Crippen molar-refractivity contribution in [1.29, 1.82) is 0 Å². The van der Waals surface area contributed by atoms with E-state index in [0.717, 1.165) is 11.3 Å². The zero-order valence-corrected chi connectivity index (χ0v) is 9.98. The highest BCUT2D eigenvalue weighted by Gasteiger charge is 2.20. The maximum atomic E-state index is 5.25. The van der Waals surface area contributed by atoms with E-state index in [2.05, 4.69) is 35.7 Å². The first-order valence-corrected chi connectivity index (χ1v) is 5.19. The number of rotatable bonds is 1. The molecule has 0 amide bonds. The molecule has 0 saturated heterocycles. The fourth-order valence-electron chi connectivity index (χ4n) is 1.42. The molecule has 16 heavy (non-hydrogen) atoms. The third kappa shape index (κ3) is 1.83. The Balaban J connectivity index is 2.73. The van der Waals surface area contributed by atoms with E-state index in [1.165, 1.54) is 0 Å². The highest BCUT2D eigenvalue weighted by atomic mass is 16.5. The van der Waals surface area contributed by atoms with Crippen molar-refractivity contribution in [2.75, 3.05) is 7.11 Å². The van der Waals surface area contributed by atoms with Crippen molar-refractivity contribution in [3.05, 3.63) is 24.2 Å². The van der Waals surface area contributed by atoms with E-state index in [1.54, 1.807) is 13.3 Å². The van der Waals surface area contributed by atoms with E-state index in [1.807, 2.05) is 12.1 Å². The number of hydrogen-bond acceptors (Lipinski definition) is 4. The van der Waals surface area contributed by atoms with Gasteiger partial charge in [-0.05, 0) is 12.1 Å². The number of fused-ring (bicyclic) bond motifs is 1. The predicted molar refractivity (Wildman–Crippen MR) is 62.6 cm³/mol. The molecule has 0 N–H and O–H groups in total. The van der Waals surface area contributed by atoms with E-state index in [-0.39, 0.29) is 5.41 Å². The molecule has 2 rings (SSSR count). The first-order valence-electron chi connectivity index (χ1n) is 5.19. The van der Waals surface area contributed by atoms with Gasteiger partial charge in [-0.25, -0.2) is 9.97 Å². The van der Waals surface area contributed by atoms with Crippen molar-refractivity contribution >= 4 is 11.0 Å². The molecule has 0 fully saturated rings. The lowest BCUT2D eigenvalue weighted by atomic mass is 9.95. The fourth-order valence-corrected chi connectivity index (χ4v) is 1.42. The van der Waals surface area contributed by atoms with E-state index in [0.29, 0.717) is 11.4 Å². The van der Waals surface area contributed by atoms with Crippen LogP contribution in [0.5, 0.6) is 5.88 Å². The van der Waals surface area contributed by atoms with Gasteiger partial charge in [0.25, 0.3) is 0 Å². The molecule has 84 valence electrons. The molecular formula is C12H15N3O. The van der Waals surface area contributed by atoms with Gasteiger partial charge >= 0.3 is 0 Å². The average molecular weight is 217 g/mol. The molecule has 4 nitrogen and oxygen atoms in total. The van der Waals surface area contributed by atoms with Crippen molar-refractivity contribution in [2.24, 2.45) is 0 Å². The lowest BCUT2D eigenvalue weighted by Gasteiger charge is -2.17. The molecule has 0 unspecified atom stereocenters. The first-order chi connectivity index (χ1) is 7.52. The summed E-state index contributed by atoms with van der Waals surface area (Å²) >= 11 is 0. The van der Waals surface area contributed by atoms with Crippen LogP contribution in [0.25, 0.3) is 11.0 Å². The van der Waals surface area contributed by atoms with E-state index in [4.69, 9.17) is 4.74 Å². The van der Waals surface area contributed by atoms with E-state index in [9.17, 15) is 0 Å². The summed E-state index contributed by atoms with van der Waals surface area (Å²) in [5.41, 5.74) is 1.43. The maximum absolute atomic E-state index is 5.25. The summed E-state index contributed by atoms with van der Waals surface area (Å²) < 4.78 is 5.25. The molecule has 0 radical (unpaired) electrons. The van der Waals surface area contributed by atoms with Crippen LogP contribution in [0, 0.1) is 0 Å². The molecular weight excluding hydrogens is 202 g/mol. The molecule has 2 heterocycles. The Morgan fingerprint density at radius 1 is 1.19 bits per heavy atom. The number of ether oxygens (including phenoxy) is 1. The highest BCUT2D eigenvalue weighted by Crippen LogP contribution is 2.25. The number of methoxy groups -OCH3 is 1. The Kier molecular flexibility index (Phi) is 2.50. The Morgan fingerprint density at radius 3 is 2.56 bits per heavy atom. The van der Waals surface area contributed by atoms with Crippen molar-refractivity contribution in [1.82, 2.24) is 15.0 Å². The number of nitrogens with zero attached hydrogens (tertiary/aromatic N) is 3. The van der Waals surface area contributed by atoms with Gasteiger partial charge in [-0.2, -0.15) is 4.98 Å². The number of pyridine rings is 1. The third-order valence-corrected chi connectivity index (χ3v) is 2.29. The molecule has 2 aromatic rings. The molecule has 2 aromatic heterocycles. The lowest BCUT2D eigenvalue weighted by molar-refractivity contribution is 0.394. The van der Waals surface area contributed by atoms with Crippen LogP contribution >= 0.6 is 0 Å². The maximum Gasteiger partial charge on any atom is 0.243 e. The zero-order valence-electron chi connectivity index (χ0n) is 9.98. The summed E-state index contributed by atoms with van der Waals surface area (Å²) in [6.07, 6.45) is 1.71. The van der Waals surface area contributed by atoms with E-state index >= 15 is 0 Å². The Bertz CT molecular complexity index is 517. The van der Waals surface area contributed by atoms with Crippen LogP contribution in [0.15, 0.2) is 18.3 Å². The number of aromatic nitrogens is 3. The second-order valence-electron chi connectivity index (χ2n) is 4.68. The van der Waals surface area contributed by atoms with Gasteiger partial charge in [0.05, 0.1) is 12.6 Å². The molecule has 0 saturated carbocycles. The molecule has 0 aromatic carbocycles. The minimum atomic E-state index is -0.0999. The van der Waals surface area contributed by atoms with Gasteiger partial charge in [0.2, 0.25) is 5.88 Å². The topological polar surface area (TPSA) is 47.9 Å². The standard InChI is InChI=1S/C12H15N3O/c1-12(2,3)11-14-8-6-5-7-13-9(8)10(15-11)16-4/h5-7H,1-4H3. The average Bonchev–Trinajstić information content (AvgIpc) is 2.26. The van der Waals surface area contributed by atoms with Crippen LogP contribution in [0.3, 0.4) is 0 Å². The molecule has 4 heteroatoms. The van der Waals surface area contributed by atoms with Gasteiger partial charge in [0, 0.05) is 11.6 Å². The summed E-state index contributed by atoms with van der Waals surface area (Å²) in [7, 11) is 1.60. The lowest BCUT2D eigenvalue weighted by Crippen LogP contribution is -2.16. The summed E-state index contributed by atoms with van der Waals surface area (Å²) in [6.45, 7) is 6.22. The molecule has 0 aliphatic rings. The fraction of sp³-hybridized carbons (Fsp3) is 0.417. The molecule has 0 bridgehead atoms. The molecule has 0 aliphatic heterocycles. The summed E-state index contributed by atoms with van der Waals surface area (Å²) in [5.74, 6) is 1.31. The van der Waals surface area contributed by atoms with E-state index < -0.39 is 0 Å². The van der Waals surface area contributed by atoms with Crippen molar-refractivity contribution in [3.63, 3.8) is 0 Å².